The lowest BCUT2D eigenvalue weighted by atomic mass is 9.89. The zero-order valence-electron chi connectivity index (χ0n) is 10.6. The van der Waals surface area contributed by atoms with Crippen LogP contribution in [0.3, 0.4) is 0 Å². The molecule has 2 saturated heterocycles. The summed E-state index contributed by atoms with van der Waals surface area (Å²) in [4.78, 5) is 35.4. The summed E-state index contributed by atoms with van der Waals surface area (Å²) in [6.07, 6.45) is -1.45. The molecular formula is C14H12O6. The number of ether oxygens (including phenoxy) is 3. The number of carbonyl (C=O) groups excluding carboxylic acids is 3. The lowest BCUT2D eigenvalue weighted by Gasteiger charge is -2.15. The molecule has 0 N–H and O–H groups in total. The van der Waals surface area contributed by atoms with Crippen LogP contribution in [0.5, 0.6) is 0 Å². The summed E-state index contributed by atoms with van der Waals surface area (Å²) in [5.41, 5.74) is 0.728. The Bertz CT molecular complexity index is 566. The van der Waals surface area contributed by atoms with Crippen molar-refractivity contribution in [1.29, 1.82) is 0 Å². The molecule has 1 aromatic carbocycles. The van der Waals surface area contributed by atoms with Gasteiger partial charge in [0.05, 0.1) is 7.11 Å². The lowest BCUT2D eigenvalue weighted by Crippen LogP contribution is -2.31. The third kappa shape index (κ3) is 1.76. The van der Waals surface area contributed by atoms with Gasteiger partial charge >= 0.3 is 17.9 Å². The summed E-state index contributed by atoms with van der Waals surface area (Å²) < 4.78 is 15.0. The van der Waals surface area contributed by atoms with Gasteiger partial charge in [-0.15, -0.1) is 0 Å². The Labute approximate surface area is 114 Å². The normalized spacial score (nSPS) is 31.4. The molecule has 104 valence electrons. The van der Waals surface area contributed by atoms with Gasteiger partial charge in [-0.3, -0.25) is 14.4 Å². The van der Waals surface area contributed by atoms with Crippen molar-refractivity contribution in [3.63, 3.8) is 0 Å². The molecule has 0 aromatic heterocycles. The second-order valence-electron chi connectivity index (χ2n) is 4.70. The summed E-state index contributed by atoms with van der Waals surface area (Å²) in [5.74, 6) is -4.27. The first kappa shape index (κ1) is 12.7. The molecule has 0 bridgehead atoms. The van der Waals surface area contributed by atoms with Gasteiger partial charge in [0.25, 0.3) is 0 Å². The van der Waals surface area contributed by atoms with E-state index in [4.69, 9.17) is 9.47 Å². The van der Waals surface area contributed by atoms with Crippen molar-refractivity contribution < 1.29 is 28.6 Å². The predicted octanol–water partition coefficient (Wildman–Crippen LogP) is 0.615. The van der Waals surface area contributed by atoms with Crippen LogP contribution >= 0.6 is 0 Å². The molecule has 0 aliphatic carbocycles. The minimum Gasteiger partial charge on any atom is -0.468 e. The van der Waals surface area contributed by atoms with E-state index in [1.54, 1.807) is 24.3 Å². The van der Waals surface area contributed by atoms with E-state index in [2.05, 4.69) is 4.74 Å². The quantitative estimate of drug-likeness (QED) is 0.447. The SMILES string of the molecule is COC(=O)C1C(=O)OC2C(c3ccccc3)OC(=O)C12. The molecule has 4 atom stereocenters. The van der Waals surface area contributed by atoms with Crippen molar-refractivity contribution in [3.8, 4) is 0 Å². The third-order valence-electron chi connectivity index (χ3n) is 3.62. The first-order chi connectivity index (χ1) is 9.63. The van der Waals surface area contributed by atoms with E-state index in [1.807, 2.05) is 6.07 Å². The van der Waals surface area contributed by atoms with E-state index in [0.717, 1.165) is 12.7 Å². The number of hydrogen-bond donors (Lipinski definition) is 0. The minimum absolute atomic E-state index is 0.606. The maximum atomic E-state index is 12.0. The summed E-state index contributed by atoms with van der Waals surface area (Å²) in [5, 5.41) is 0. The monoisotopic (exact) mass is 276 g/mol. The summed E-state index contributed by atoms with van der Waals surface area (Å²) in [6.45, 7) is 0. The summed E-state index contributed by atoms with van der Waals surface area (Å²) in [6, 6.07) is 8.98. The highest BCUT2D eigenvalue weighted by atomic mass is 16.6. The number of methoxy groups -OCH3 is 1. The minimum atomic E-state index is -1.23. The largest absolute Gasteiger partial charge is 0.468 e. The van der Waals surface area contributed by atoms with E-state index in [1.165, 1.54) is 0 Å². The fourth-order valence-corrected chi connectivity index (χ4v) is 2.68. The van der Waals surface area contributed by atoms with Gasteiger partial charge in [0.1, 0.15) is 5.92 Å². The average Bonchev–Trinajstić information content (AvgIpc) is 2.96. The van der Waals surface area contributed by atoms with Crippen molar-refractivity contribution in [2.75, 3.05) is 7.11 Å². The van der Waals surface area contributed by atoms with Gasteiger partial charge in [0.2, 0.25) is 0 Å². The fraction of sp³-hybridized carbons (Fsp3) is 0.357. The second-order valence-corrected chi connectivity index (χ2v) is 4.70. The zero-order chi connectivity index (χ0) is 14.3. The number of fused-ring (bicyclic) bond motifs is 1. The maximum Gasteiger partial charge on any atom is 0.321 e. The topological polar surface area (TPSA) is 78.9 Å². The molecule has 4 unspecified atom stereocenters. The van der Waals surface area contributed by atoms with Gasteiger partial charge in [-0.25, -0.2) is 0 Å². The molecule has 0 amide bonds. The molecule has 0 radical (unpaired) electrons. The molecule has 1 aromatic rings. The van der Waals surface area contributed by atoms with Gasteiger partial charge < -0.3 is 14.2 Å². The van der Waals surface area contributed by atoms with Gasteiger partial charge in [0, 0.05) is 0 Å². The number of rotatable bonds is 2. The third-order valence-corrected chi connectivity index (χ3v) is 3.62. The van der Waals surface area contributed by atoms with E-state index in [-0.39, 0.29) is 0 Å². The van der Waals surface area contributed by atoms with Gasteiger partial charge in [-0.1, -0.05) is 30.3 Å². The Hall–Kier alpha value is -2.37. The van der Waals surface area contributed by atoms with Crippen LogP contribution in [0.1, 0.15) is 11.7 Å². The predicted molar refractivity (Wildman–Crippen MR) is 64.2 cm³/mol. The smallest absolute Gasteiger partial charge is 0.321 e. The standard InChI is InChI=1S/C14H12O6/c1-18-12(15)9-8-11(20-14(9)17)10(19-13(8)16)7-5-3-2-4-6-7/h2-6,8-11H,1H3. The van der Waals surface area contributed by atoms with Crippen molar-refractivity contribution in [2.24, 2.45) is 11.8 Å². The highest BCUT2D eigenvalue weighted by Gasteiger charge is 2.61. The first-order valence-corrected chi connectivity index (χ1v) is 6.17. The van der Waals surface area contributed by atoms with Crippen LogP contribution < -0.4 is 0 Å². The van der Waals surface area contributed by atoms with E-state index in [9.17, 15) is 14.4 Å². The molecule has 20 heavy (non-hydrogen) atoms. The highest BCUT2D eigenvalue weighted by molar-refractivity contribution is 6.02. The summed E-state index contributed by atoms with van der Waals surface area (Å²) in [7, 11) is 1.16. The van der Waals surface area contributed by atoms with E-state index < -0.39 is 42.0 Å². The Balaban J connectivity index is 1.93. The molecule has 2 aliphatic heterocycles. The van der Waals surface area contributed by atoms with Crippen LogP contribution in [0.15, 0.2) is 30.3 Å². The van der Waals surface area contributed by atoms with Crippen molar-refractivity contribution >= 4 is 17.9 Å². The zero-order valence-corrected chi connectivity index (χ0v) is 10.6. The Kier molecular flexibility index (Phi) is 2.93. The van der Waals surface area contributed by atoms with Crippen LogP contribution in [-0.4, -0.2) is 31.1 Å². The molecule has 2 fully saturated rings. The number of hydrogen-bond acceptors (Lipinski definition) is 6. The second kappa shape index (κ2) is 4.63. The van der Waals surface area contributed by atoms with E-state index >= 15 is 0 Å². The van der Waals surface area contributed by atoms with Crippen LogP contribution in [-0.2, 0) is 28.6 Å². The molecule has 0 saturated carbocycles. The molecule has 6 heteroatoms. The number of benzene rings is 1. The molecule has 2 aliphatic rings. The molecule has 6 nitrogen and oxygen atoms in total. The first-order valence-electron chi connectivity index (χ1n) is 6.17. The Morgan fingerprint density at radius 3 is 2.45 bits per heavy atom. The number of cyclic esters (lactones) is 1. The fourth-order valence-electron chi connectivity index (χ4n) is 2.68. The van der Waals surface area contributed by atoms with Crippen molar-refractivity contribution in [1.82, 2.24) is 0 Å². The summed E-state index contributed by atoms with van der Waals surface area (Å²) >= 11 is 0. The Morgan fingerprint density at radius 2 is 1.80 bits per heavy atom. The average molecular weight is 276 g/mol. The molecular weight excluding hydrogens is 264 g/mol. The van der Waals surface area contributed by atoms with Crippen molar-refractivity contribution in [2.45, 2.75) is 12.2 Å². The maximum absolute atomic E-state index is 12.0. The number of esters is 3. The lowest BCUT2D eigenvalue weighted by molar-refractivity contribution is -0.163. The highest BCUT2D eigenvalue weighted by Crippen LogP contribution is 2.44. The Morgan fingerprint density at radius 1 is 1.10 bits per heavy atom. The van der Waals surface area contributed by atoms with Crippen LogP contribution in [0.2, 0.25) is 0 Å². The van der Waals surface area contributed by atoms with Crippen molar-refractivity contribution in [3.05, 3.63) is 35.9 Å². The van der Waals surface area contributed by atoms with Crippen LogP contribution in [0, 0.1) is 11.8 Å². The van der Waals surface area contributed by atoms with Crippen LogP contribution in [0.25, 0.3) is 0 Å². The van der Waals surface area contributed by atoms with Gasteiger partial charge in [-0.05, 0) is 5.56 Å². The molecule has 0 spiro atoms. The van der Waals surface area contributed by atoms with Gasteiger partial charge in [-0.2, -0.15) is 0 Å². The van der Waals surface area contributed by atoms with Crippen LogP contribution in [0.4, 0.5) is 0 Å². The number of carbonyl (C=O) groups is 3. The van der Waals surface area contributed by atoms with Gasteiger partial charge in [0.15, 0.2) is 18.1 Å². The molecule has 2 heterocycles. The molecule has 3 rings (SSSR count). The van der Waals surface area contributed by atoms with E-state index in [0.29, 0.717) is 0 Å².